The van der Waals surface area contributed by atoms with E-state index in [-0.39, 0.29) is 0 Å². The van der Waals surface area contributed by atoms with Crippen molar-refractivity contribution in [2.75, 3.05) is 27.2 Å². The number of rotatable bonds is 9. The van der Waals surface area contributed by atoms with Crippen LogP contribution in [0.25, 0.3) is 0 Å². The monoisotopic (exact) mass is 291 g/mol. The van der Waals surface area contributed by atoms with E-state index in [0.717, 1.165) is 18.9 Å². The Labute approximate surface area is 131 Å². The molecule has 0 heterocycles. The second kappa shape index (κ2) is 9.09. The Morgan fingerprint density at radius 1 is 1.14 bits per heavy atom. The molecule has 1 rings (SSSR count). The third kappa shape index (κ3) is 6.09. The van der Waals surface area contributed by atoms with Crippen molar-refractivity contribution in [1.29, 1.82) is 0 Å². The topological polar surface area (TPSA) is 12.5 Å². The summed E-state index contributed by atoms with van der Waals surface area (Å²) in [6, 6.07) is 4.62. The molecule has 0 unspecified atom stereocenters. The third-order valence-electron chi connectivity index (χ3n) is 3.94. The van der Waals surface area contributed by atoms with Gasteiger partial charge in [0.1, 0.15) is 12.4 Å². The first-order valence-electron chi connectivity index (χ1n) is 8.36. The van der Waals surface area contributed by atoms with Gasteiger partial charge in [0.25, 0.3) is 0 Å². The van der Waals surface area contributed by atoms with Crippen LogP contribution < -0.4 is 4.74 Å². The minimum atomic E-state index is 0.505. The molecule has 1 aromatic rings. The van der Waals surface area contributed by atoms with Crippen LogP contribution in [0.5, 0.6) is 5.75 Å². The second-order valence-electron chi connectivity index (χ2n) is 6.58. The first-order valence-corrected chi connectivity index (χ1v) is 8.36. The zero-order valence-corrected chi connectivity index (χ0v) is 14.8. The van der Waals surface area contributed by atoms with Gasteiger partial charge in [0, 0.05) is 6.54 Å². The molecule has 0 N–H and O–H groups in total. The van der Waals surface area contributed by atoms with Crippen molar-refractivity contribution in [3.05, 3.63) is 28.8 Å². The number of aryl methyl sites for hydroxylation is 2. The Morgan fingerprint density at radius 3 is 2.43 bits per heavy atom. The SMILES string of the molecule is CCCCCc1cc(C(C)C)c(OCCN(C)C)cc1C. The van der Waals surface area contributed by atoms with E-state index in [9.17, 15) is 0 Å². The predicted octanol–water partition coefficient (Wildman–Crippen LogP) is 4.79. The zero-order valence-electron chi connectivity index (χ0n) is 14.8. The molecule has 0 saturated heterocycles. The van der Waals surface area contributed by atoms with E-state index >= 15 is 0 Å². The fourth-order valence-corrected chi connectivity index (χ4v) is 2.49. The lowest BCUT2D eigenvalue weighted by Crippen LogP contribution is -2.20. The molecule has 1 aromatic carbocycles. The zero-order chi connectivity index (χ0) is 15.8. The van der Waals surface area contributed by atoms with Crippen LogP contribution >= 0.6 is 0 Å². The maximum absolute atomic E-state index is 6.03. The quantitative estimate of drug-likeness (QED) is 0.606. The summed E-state index contributed by atoms with van der Waals surface area (Å²) in [5.74, 6) is 1.58. The molecule has 0 spiro atoms. The van der Waals surface area contributed by atoms with E-state index in [1.807, 2.05) is 0 Å². The smallest absolute Gasteiger partial charge is 0.123 e. The molecule has 2 nitrogen and oxygen atoms in total. The molecule has 0 aliphatic carbocycles. The summed E-state index contributed by atoms with van der Waals surface area (Å²) >= 11 is 0. The first kappa shape index (κ1) is 18.0. The highest BCUT2D eigenvalue weighted by Crippen LogP contribution is 2.30. The minimum absolute atomic E-state index is 0.505. The van der Waals surface area contributed by atoms with Crippen molar-refractivity contribution < 1.29 is 4.74 Å². The minimum Gasteiger partial charge on any atom is -0.492 e. The summed E-state index contributed by atoms with van der Waals surface area (Å²) in [4.78, 5) is 2.15. The lowest BCUT2D eigenvalue weighted by molar-refractivity contribution is 0.258. The molecule has 0 amide bonds. The molecular formula is C19H33NO. The van der Waals surface area contributed by atoms with Crippen molar-refractivity contribution in [3.8, 4) is 5.75 Å². The maximum atomic E-state index is 6.03. The van der Waals surface area contributed by atoms with Gasteiger partial charge >= 0.3 is 0 Å². The molecule has 0 fully saturated rings. The second-order valence-corrected chi connectivity index (χ2v) is 6.58. The fraction of sp³-hybridized carbons (Fsp3) is 0.684. The van der Waals surface area contributed by atoms with Crippen LogP contribution in [0.3, 0.4) is 0 Å². The molecule has 0 bridgehead atoms. The molecule has 2 heteroatoms. The largest absolute Gasteiger partial charge is 0.492 e. The van der Waals surface area contributed by atoms with E-state index in [4.69, 9.17) is 4.74 Å². The standard InChI is InChI=1S/C19H33NO/c1-7-8-9-10-17-14-18(15(2)3)19(13-16(17)4)21-12-11-20(5)6/h13-15H,7-12H2,1-6H3. The van der Waals surface area contributed by atoms with Crippen molar-refractivity contribution in [3.63, 3.8) is 0 Å². The van der Waals surface area contributed by atoms with Gasteiger partial charge in [-0.2, -0.15) is 0 Å². The third-order valence-corrected chi connectivity index (χ3v) is 3.94. The lowest BCUT2D eigenvalue weighted by Gasteiger charge is -2.19. The van der Waals surface area contributed by atoms with Gasteiger partial charge in [0.05, 0.1) is 0 Å². The number of hydrogen-bond acceptors (Lipinski definition) is 2. The summed E-state index contributed by atoms with van der Waals surface area (Å²) in [6.07, 6.45) is 5.08. The van der Waals surface area contributed by atoms with Gasteiger partial charge in [0.2, 0.25) is 0 Å². The summed E-state index contributed by atoms with van der Waals surface area (Å²) in [5.41, 5.74) is 4.22. The van der Waals surface area contributed by atoms with E-state index in [0.29, 0.717) is 5.92 Å². The van der Waals surface area contributed by atoms with Crippen LogP contribution in [0.2, 0.25) is 0 Å². The fourth-order valence-electron chi connectivity index (χ4n) is 2.49. The van der Waals surface area contributed by atoms with E-state index in [1.54, 1.807) is 0 Å². The van der Waals surface area contributed by atoms with Gasteiger partial charge < -0.3 is 9.64 Å². The van der Waals surface area contributed by atoms with Gasteiger partial charge in [-0.15, -0.1) is 0 Å². The molecule has 0 aliphatic rings. The number of hydrogen-bond donors (Lipinski definition) is 0. The molecular weight excluding hydrogens is 258 g/mol. The number of nitrogens with zero attached hydrogens (tertiary/aromatic N) is 1. The molecule has 120 valence electrons. The Hall–Kier alpha value is -1.02. The van der Waals surface area contributed by atoms with Crippen LogP contribution in [0.15, 0.2) is 12.1 Å². The highest BCUT2D eigenvalue weighted by molar-refractivity contribution is 5.44. The highest BCUT2D eigenvalue weighted by Gasteiger charge is 2.12. The van der Waals surface area contributed by atoms with Crippen LogP contribution in [-0.4, -0.2) is 32.1 Å². The molecule has 0 radical (unpaired) electrons. The first-order chi connectivity index (χ1) is 9.95. The van der Waals surface area contributed by atoms with E-state index in [2.05, 4.69) is 58.8 Å². The number of benzene rings is 1. The lowest BCUT2D eigenvalue weighted by atomic mass is 9.94. The summed E-state index contributed by atoms with van der Waals surface area (Å²) < 4.78 is 6.03. The molecule has 21 heavy (non-hydrogen) atoms. The van der Waals surface area contributed by atoms with Crippen LogP contribution in [0.1, 0.15) is 62.6 Å². The van der Waals surface area contributed by atoms with Crippen LogP contribution in [0.4, 0.5) is 0 Å². The van der Waals surface area contributed by atoms with Crippen molar-refractivity contribution in [2.24, 2.45) is 0 Å². The Kier molecular flexibility index (Phi) is 7.81. The average Bonchev–Trinajstić information content (AvgIpc) is 2.40. The number of ether oxygens (including phenoxy) is 1. The van der Waals surface area contributed by atoms with Crippen molar-refractivity contribution >= 4 is 0 Å². The summed E-state index contributed by atoms with van der Waals surface area (Å²) in [5, 5.41) is 0. The Balaban J connectivity index is 2.85. The maximum Gasteiger partial charge on any atom is 0.123 e. The van der Waals surface area contributed by atoms with Gasteiger partial charge in [-0.05, 0) is 62.5 Å². The number of unbranched alkanes of at least 4 members (excludes halogenated alkanes) is 2. The van der Waals surface area contributed by atoms with Gasteiger partial charge in [-0.1, -0.05) is 39.7 Å². The van der Waals surface area contributed by atoms with Crippen molar-refractivity contribution in [1.82, 2.24) is 4.90 Å². The van der Waals surface area contributed by atoms with Gasteiger partial charge in [-0.25, -0.2) is 0 Å². The Morgan fingerprint density at radius 2 is 1.86 bits per heavy atom. The van der Waals surface area contributed by atoms with Crippen LogP contribution in [0, 0.1) is 6.92 Å². The van der Waals surface area contributed by atoms with Gasteiger partial charge in [0.15, 0.2) is 0 Å². The summed E-state index contributed by atoms with van der Waals surface area (Å²) in [6.45, 7) is 10.7. The molecule has 0 aliphatic heterocycles. The van der Waals surface area contributed by atoms with E-state index < -0.39 is 0 Å². The summed E-state index contributed by atoms with van der Waals surface area (Å²) in [7, 11) is 4.16. The molecule has 0 saturated carbocycles. The molecule has 0 atom stereocenters. The normalized spacial score (nSPS) is 11.4. The number of likely N-dealkylation sites (N-methyl/N-ethyl adjacent to an activating group) is 1. The molecule has 0 aromatic heterocycles. The average molecular weight is 291 g/mol. The van der Waals surface area contributed by atoms with E-state index in [1.165, 1.54) is 42.4 Å². The predicted molar refractivity (Wildman–Crippen MR) is 92.5 cm³/mol. The van der Waals surface area contributed by atoms with Crippen LogP contribution in [-0.2, 0) is 6.42 Å². The Bertz CT molecular complexity index is 424. The highest BCUT2D eigenvalue weighted by atomic mass is 16.5. The van der Waals surface area contributed by atoms with Gasteiger partial charge in [-0.3, -0.25) is 0 Å². The van der Waals surface area contributed by atoms with Crippen molar-refractivity contribution in [2.45, 2.75) is 59.3 Å².